The van der Waals surface area contributed by atoms with Crippen LogP contribution in [0, 0.1) is 0 Å². The first-order chi connectivity index (χ1) is 13.2. The molecule has 3 aromatic rings. The molecule has 1 fully saturated rings. The first-order valence-corrected chi connectivity index (χ1v) is 9.82. The van der Waals surface area contributed by atoms with E-state index in [-0.39, 0.29) is 11.8 Å². The van der Waals surface area contributed by atoms with E-state index in [1.807, 2.05) is 0 Å². The lowest BCUT2D eigenvalue weighted by Crippen LogP contribution is -2.18. The van der Waals surface area contributed by atoms with Gasteiger partial charge in [-0.15, -0.1) is 0 Å². The molecule has 0 atom stereocenters. The molecule has 4 rings (SSSR count). The molecule has 0 saturated heterocycles. The lowest BCUT2D eigenvalue weighted by atomic mass is 10.2. The molecule has 8 nitrogen and oxygen atoms in total. The third-order valence-electron chi connectivity index (χ3n) is 4.34. The number of halogens is 3. The molecule has 0 aliphatic heterocycles. The summed E-state index contributed by atoms with van der Waals surface area (Å²) in [6, 6.07) is 4.87. The number of anilines is 3. The van der Waals surface area contributed by atoms with Crippen molar-refractivity contribution in [2.45, 2.75) is 24.3 Å². The molecule has 1 aliphatic carbocycles. The smallest absolute Gasteiger partial charge is 0.372 e. The van der Waals surface area contributed by atoms with Gasteiger partial charge in [0.1, 0.15) is 11.4 Å². The van der Waals surface area contributed by atoms with Crippen LogP contribution in [0.5, 0.6) is 0 Å². The summed E-state index contributed by atoms with van der Waals surface area (Å²) in [5.41, 5.74) is -0.184. The lowest BCUT2D eigenvalue weighted by molar-refractivity contribution is -0.137. The molecule has 1 aromatic carbocycles. The van der Waals surface area contributed by atoms with Crippen molar-refractivity contribution < 1.29 is 21.6 Å². The summed E-state index contributed by atoms with van der Waals surface area (Å²) in [7, 11) is -2.23. The molecule has 12 heteroatoms. The number of fused-ring (bicyclic) bond motifs is 1. The van der Waals surface area contributed by atoms with E-state index in [1.54, 1.807) is 18.2 Å². The number of benzene rings is 1. The number of hydrogen-bond donors (Lipinski definition) is 2. The van der Waals surface area contributed by atoms with E-state index in [0.29, 0.717) is 35.6 Å². The van der Waals surface area contributed by atoms with E-state index in [4.69, 9.17) is 0 Å². The zero-order valence-corrected chi connectivity index (χ0v) is 15.3. The molecule has 0 unspecified atom stereocenters. The first-order valence-electron chi connectivity index (χ1n) is 8.32. The molecule has 148 valence electrons. The molecule has 0 radical (unpaired) electrons. The minimum atomic E-state index is -4.59. The van der Waals surface area contributed by atoms with Gasteiger partial charge in [0, 0.05) is 18.6 Å². The Labute approximate surface area is 157 Å². The van der Waals surface area contributed by atoms with Crippen LogP contribution < -0.4 is 10.6 Å². The third-order valence-corrected chi connectivity index (χ3v) is 6.43. The molecule has 1 aliphatic rings. The molecule has 0 amide bonds. The normalized spacial score (nSPS) is 15.0. The van der Waals surface area contributed by atoms with Crippen LogP contribution in [0.2, 0.25) is 0 Å². The molecule has 0 spiro atoms. The van der Waals surface area contributed by atoms with Crippen LogP contribution in [0.1, 0.15) is 18.4 Å². The fourth-order valence-electron chi connectivity index (χ4n) is 2.81. The first kappa shape index (κ1) is 18.5. The molecular weight excluding hydrogens is 397 g/mol. The van der Waals surface area contributed by atoms with Gasteiger partial charge >= 0.3 is 6.18 Å². The van der Waals surface area contributed by atoms with Gasteiger partial charge in [0.15, 0.2) is 0 Å². The van der Waals surface area contributed by atoms with Crippen LogP contribution in [-0.2, 0) is 16.2 Å². The molecule has 2 heterocycles. The van der Waals surface area contributed by atoms with E-state index in [9.17, 15) is 21.6 Å². The summed E-state index contributed by atoms with van der Waals surface area (Å²) < 4.78 is 64.9. The minimum Gasteiger partial charge on any atom is -0.372 e. The second-order valence-electron chi connectivity index (χ2n) is 6.30. The van der Waals surface area contributed by atoms with Crippen LogP contribution in [0.3, 0.4) is 0 Å². The Bertz CT molecular complexity index is 1150. The summed E-state index contributed by atoms with van der Waals surface area (Å²) in [6.45, 7) is 0. The molecule has 0 bridgehead atoms. The highest BCUT2D eigenvalue weighted by Gasteiger charge is 2.38. The Kier molecular flexibility index (Phi) is 4.17. The average Bonchev–Trinajstić information content (AvgIpc) is 3.41. The van der Waals surface area contributed by atoms with Crippen LogP contribution in [-0.4, -0.2) is 39.9 Å². The van der Waals surface area contributed by atoms with Gasteiger partial charge in [-0.25, -0.2) is 13.4 Å². The van der Waals surface area contributed by atoms with Crippen molar-refractivity contribution >= 4 is 38.4 Å². The van der Waals surface area contributed by atoms with E-state index in [2.05, 4.69) is 25.7 Å². The third kappa shape index (κ3) is 3.13. The number of nitrogens with zero attached hydrogens (tertiary/aromatic N) is 4. The Morgan fingerprint density at radius 2 is 1.96 bits per heavy atom. The SMILES string of the molecule is CNc1nc(Nc2cccc3c2cnn3S(=O)(=O)C2CC2)ncc1C(F)(F)F. The Morgan fingerprint density at radius 1 is 1.21 bits per heavy atom. The average molecular weight is 412 g/mol. The van der Waals surface area contributed by atoms with E-state index < -0.39 is 27.0 Å². The number of nitrogens with one attached hydrogen (secondary N) is 2. The van der Waals surface area contributed by atoms with Gasteiger partial charge < -0.3 is 10.6 Å². The maximum absolute atomic E-state index is 13.0. The zero-order valence-electron chi connectivity index (χ0n) is 14.5. The predicted molar refractivity (Wildman–Crippen MR) is 96.9 cm³/mol. The van der Waals surface area contributed by atoms with E-state index in [0.717, 1.165) is 4.09 Å². The highest BCUT2D eigenvalue weighted by Crippen LogP contribution is 2.35. The van der Waals surface area contributed by atoms with Crippen molar-refractivity contribution in [2.75, 3.05) is 17.7 Å². The summed E-state index contributed by atoms with van der Waals surface area (Å²) >= 11 is 0. The monoisotopic (exact) mass is 412 g/mol. The van der Waals surface area contributed by atoms with Crippen molar-refractivity contribution in [1.29, 1.82) is 0 Å². The quantitative estimate of drug-likeness (QED) is 0.664. The largest absolute Gasteiger partial charge is 0.421 e. The fraction of sp³-hybridized carbons (Fsp3) is 0.312. The number of hydrogen-bond acceptors (Lipinski definition) is 7. The molecule has 2 aromatic heterocycles. The highest BCUT2D eigenvalue weighted by atomic mass is 32.2. The van der Waals surface area contributed by atoms with Crippen molar-refractivity contribution in [3.63, 3.8) is 0 Å². The van der Waals surface area contributed by atoms with E-state index >= 15 is 0 Å². The second kappa shape index (κ2) is 6.33. The molecular formula is C16H15F3N6O2S. The lowest BCUT2D eigenvalue weighted by Gasteiger charge is -2.13. The molecule has 1 saturated carbocycles. The van der Waals surface area contributed by atoms with Gasteiger partial charge in [-0.1, -0.05) is 6.07 Å². The van der Waals surface area contributed by atoms with Crippen molar-refractivity contribution in [3.05, 3.63) is 36.2 Å². The number of alkyl halides is 3. The van der Waals surface area contributed by atoms with Crippen LogP contribution >= 0.6 is 0 Å². The second-order valence-corrected chi connectivity index (χ2v) is 8.34. The topological polar surface area (TPSA) is 102 Å². The van der Waals surface area contributed by atoms with Crippen LogP contribution in [0.25, 0.3) is 10.9 Å². The zero-order chi connectivity index (χ0) is 20.1. The summed E-state index contributed by atoms with van der Waals surface area (Å²) in [6.07, 6.45) is -1.31. The standard InChI is InChI=1S/C16H15F3N6O2S/c1-20-14-11(16(17,18)19)8-21-15(24-14)23-12-3-2-4-13-10(12)7-22-25(13)28(26,27)9-5-6-9/h2-4,7-9H,5-6H2,1H3,(H2,20,21,23,24). The maximum atomic E-state index is 13.0. The van der Waals surface area contributed by atoms with Crippen molar-refractivity contribution in [3.8, 4) is 0 Å². The van der Waals surface area contributed by atoms with Gasteiger partial charge in [0.2, 0.25) is 5.95 Å². The Morgan fingerprint density at radius 3 is 2.61 bits per heavy atom. The summed E-state index contributed by atoms with van der Waals surface area (Å²) in [5.74, 6) is -0.438. The van der Waals surface area contributed by atoms with Gasteiger partial charge in [-0.05, 0) is 25.0 Å². The van der Waals surface area contributed by atoms with Crippen LogP contribution in [0.15, 0.2) is 30.6 Å². The summed E-state index contributed by atoms with van der Waals surface area (Å²) in [5, 5.41) is 9.29. The van der Waals surface area contributed by atoms with Gasteiger partial charge in [0.25, 0.3) is 10.0 Å². The molecule has 28 heavy (non-hydrogen) atoms. The Balaban J connectivity index is 1.72. The van der Waals surface area contributed by atoms with Gasteiger partial charge in [0.05, 0.1) is 22.7 Å². The minimum absolute atomic E-state index is 0.0670. The Hall–Kier alpha value is -2.89. The van der Waals surface area contributed by atoms with Gasteiger partial charge in [-0.3, -0.25) is 0 Å². The van der Waals surface area contributed by atoms with Gasteiger partial charge in [-0.2, -0.15) is 27.3 Å². The molecule has 2 N–H and O–H groups in total. The van der Waals surface area contributed by atoms with Crippen molar-refractivity contribution in [2.24, 2.45) is 0 Å². The number of rotatable bonds is 5. The van der Waals surface area contributed by atoms with Crippen molar-refractivity contribution in [1.82, 2.24) is 19.2 Å². The maximum Gasteiger partial charge on any atom is 0.421 e. The predicted octanol–water partition coefficient (Wildman–Crippen LogP) is 2.97. The summed E-state index contributed by atoms with van der Waals surface area (Å²) in [4.78, 5) is 7.58. The highest BCUT2D eigenvalue weighted by molar-refractivity contribution is 7.90. The van der Waals surface area contributed by atoms with E-state index in [1.165, 1.54) is 13.2 Å². The van der Waals surface area contributed by atoms with Crippen LogP contribution in [0.4, 0.5) is 30.6 Å². The fourth-order valence-corrected chi connectivity index (χ4v) is 4.43. The number of aromatic nitrogens is 4.